The van der Waals surface area contributed by atoms with Crippen LogP contribution in [-0.4, -0.2) is 68.1 Å². The Morgan fingerprint density at radius 2 is 1.81 bits per heavy atom. The highest BCUT2D eigenvalue weighted by Gasteiger charge is 2.35. The quantitative estimate of drug-likeness (QED) is 0.513. The molecule has 0 aliphatic carbocycles. The highest BCUT2D eigenvalue weighted by atomic mass is 35.5. The molecule has 3 aliphatic rings. The van der Waals surface area contributed by atoms with Crippen LogP contribution in [-0.2, 0) is 4.79 Å². The van der Waals surface area contributed by atoms with Gasteiger partial charge in [0, 0.05) is 42.6 Å². The van der Waals surface area contributed by atoms with Crippen molar-refractivity contribution in [3.8, 4) is 11.5 Å². The number of carbonyl (C=O) groups is 1. The molecule has 2 aromatic carbocycles. The van der Waals surface area contributed by atoms with Crippen molar-refractivity contribution >= 4 is 29.5 Å². The molecule has 0 radical (unpaired) electrons. The van der Waals surface area contributed by atoms with Gasteiger partial charge in [-0.15, -0.1) is 0 Å². The van der Waals surface area contributed by atoms with Gasteiger partial charge >= 0.3 is 0 Å². The Balaban J connectivity index is 1.15. The van der Waals surface area contributed by atoms with Gasteiger partial charge in [0.25, 0.3) is 0 Å². The van der Waals surface area contributed by atoms with Crippen molar-refractivity contribution in [2.24, 2.45) is 0 Å². The Labute approximate surface area is 197 Å². The maximum absolute atomic E-state index is 13.1. The van der Waals surface area contributed by atoms with Gasteiger partial charge in [-0.05, 0) is 66.0 Å². The van der Waals surface area contributed by atoms with Crippen LogP contribution in [0.5, 0.6) is 11.5 Å². The number of fused-ring (bicyclic) bond motifs is 1. The van der Waals surface area contributed by atoms with E-state index in [2.05, 4.69) is 15.7 Å². The van der Waals surface area contributed by atoms with Crippen molar-refractivity contribution in [3.05, 3.63) is 64.2 Å². The third-order valence-electron chi connectivity index (χ3n) is 6.02. The summed E-state index contributed by atoms with van der Waals surface area (Å²) in [7, 11) is 1.87. The highest BCUT2D eigenvalue weighted by Crippen LogP contribution is 2.38. The monoisotopic (exact) mass is 471 g/mol. The lowest BCUT2D eigenvalue weighted by Gasteiger charge is -2.43. The Hall–Kier alpha value is -2.19. The summed E-state index contributed by atoms with van der Waals surface area (Å²) in [5, 5.41) is 3.81. The van der Waals surface area contributed by atoms with Gasteiger partial charge in [0.2, 0.25) is 5.91 Å². The van der Waals surface area contributed by atoms with Gasteiger partial charge in [-0.2, -0.15) is 0 Å². The van der Waals surface area contributed by atoms with E-state index in [0.717, 1.165) is 48.1 Å². The Morgan fingerprint density at radius 1 is 1.06 bits per heavy atom. The summed E-state index contributed by atoms with van der Waals surface area (Å²) in [6.45, 7) is 5.14. The molecule has 1 unspecified atom stereocenters. The normalized spacial score (nSPS) is 18.8. The summed E-state index contributed by atoms with van der Waals surface area (Å²) in [5.74, 6) is 1.59. The van der Waals surface area contributed by atoms with E-state index in [1.807, 2.05) is 48.3 Å². The van der Waals surface area contributed by atoms with Crippen molar-refractivity contribution in [1.29, 1.82) is 0 Å². The van der Waals surface area contributed by atoms with E-state index in [-0.39, 0.29) is 11.8 Å². The summed E-state index contributed by atoms with van der Waals surface area (Å²) >= 11 is 7.88. The van der Waals surface area contributed by atoms with Crippen LogP contribution in [0.1, 0.15) is 11.5 Å². The average Bonchev–Trinajstić information content (AvgIpc) is 2.74. The molecule has 6 nitrogen and oxygen atoms in total. The number of nitrogens with one attached hydrogen (secondary N) is 1. The second-order valence-electron chi connectivity index (χ2n) is 8.26. The molecule has 1 atom stereocenters. The van der Waals surface area contributed by atoms with E-state index < -0.39 is 0 Å². The lowest BCUT2D eigenvalue weighted by molar-refractivity contribution is -0.134. The van der Waals surface area contributed by atoms with Crippen molar-refractivity contribution in [1.82, 2.24) is 14.5 Å². The van der Waals surface area contributed by atoms with E-state index in [4.69, 9.17) is 21.1 Å². The van der Waals surface area contributed by atoms with Crippen molar-refractivity contribution in [3.63, 3.8) is 0 Å². The Morgan fingerprint density at radius 3 is 2.56 bits per heavy atom. The van der Waals surface area contributed by atoms with E-state index in [1.54, 1.807) is 11.9 Å². The average molecular weight is 472 g/mol. The zero-order valence-electron chi connectivity index (χ0n) is 18.0. The van der Waals surface area contributed by atoms with Gasteiger partial charge in [-0.1, -0.05) is 23.7 Å². The molecule has 5 rings (SSSR count). The topological polar surface area (TPSA) is 54.0 Å². The summed E-state index contributed by atoms with van der Waals surface area (Å²) in [6.07, 6.45) is 0. The van der Waals surface area contributed by atoms with Gasteiger partial charge in [0.1, 0.15) is 13.2 Å². The van der Waals surface area contributed by atoms with Crippen molar-refractivity contribution < 1.29 is 14.3 Å². The van der Waals surface area contributed by atoms with Gasteiger partial charge in [0.15, 0.2) is 11.5 Å². The minimum atomic E-state index is -0.214. The summed E-state index contributed by atoms with van der Waals surface area (Å²) in [5.41, 5.74) is 3.81. The molecule has 0 bridgehead atoms. The SMILES string of the molecule is CNCC(C(=O)N1CC(=C2CN(Sc3ccc4c(c3)OCCO4)C2)C1)c1cccc(Cl)c1. The zero-order chi connectivity index (χ0) is 22.1. The number of carbonyl (C=O) groups excluding carboxylic acids is 1. The largest absolute Gasteiger partial charge is 0.486 e. The molecule has 1 amide bonds. The molecule has 8 heteroatoms. The number of benzene rings is 2. The first-order valence-electron chi connectivity index (χ1n) is 10.8. The van der Waals surface area contributed by atoms with Gasteiger partial charge in [0.05, 0.1) is 5.92 Å². The number of hydrogen-bond acceptors (Lipinski definition) is 6. The summed E-state index contributed by atoms with van der Waals surface area (Å²) in [4.78, 5) is 16.2. The second-order valence-corrected chi connectivity index (χ2v) is 9.87. The van der Waals surface area contributed by atoms with E-state index >= 15 is 0 Å². The summed E-state index contributed by atoms with van der Waals surface area (Å²) < 4.78 is 13.6. The lowest BCUT2D eigenvalue weighted by atomic mass is 9.92. The standard InChI is InChI=1S/C24H26ClN3O3S/c1-26-11-21(16-3-2-4-19(25)9-16)24(29)27-12-17(13-27)18-14-28(15-18)32-20-5-6-22-23(10-20)31-8-7-30-22/h2-6,9-10,21,26H,7-8,11-15H2,1H3. The van der Waals surface area contributed by atoms with E-state index in [0.29, 0.717) is 24.8 Å². The summed E-state index contributed by atoms with van der Waals surface area (Å²) in [6, 6.07) is 13.7. The molecule has 168 valence electrons. The molecule has 2 saturated heterocycles. The van der Waals surface area contributed by atoms with Crippen LogP contribution in [0.2, 0.25) is 5.02 Å². The minimum absolute atomic E-state index is 0.160. The predicted molar refractivity (Wildman–Crippen MR) is 127 cm³/mol. The zero-order valence-corrected chi connectivity index (χ0v) is 19.5. The number of rotatable bonds is 6. The van der Waals surface area contributed by atoms with Crippen LogP contribution in [0, 0.1) is 0 Å². The van der Waals surface area contributed by atoms with Gasteiger partial charge in [-0.3, -0.25) is 4.79 Å². The lowest BCUT2D eigenvalue weighted by Crippen LogP contribution is -2.51. The Kier molecular flexibility index (Phi) is 6.33. The first kappa shape index (κ1) is 21.6. The molecule has 3 heterocycles. The van der Waals surface area contributed by atoms with Crippen LogP contribution in [0.3, 0.4) is 0 Å². The minimum Gasteiger partial charge on any atom is -0.486 e. The number of nitrogens with zero attached hydrogens (tertiary/aromatic N) is 2. The third-order valence-corrected chi connectivity index (χ3v) is 7.23. The second kappa shape index (κ2) is 9.35. The first-order chi connectivity index (χ1) is 15.6. The first-order valence-corrected chi connectivity index (χ1v) is 12.0. The Bertz CT molecular complexity index is 1040. The maximum atomic E-state index is 13.1. The van der Waals surface area contributed by atoms with Crippen LogP contribution in [0.15, 0.2) is 58.5 Å². The number of likely N-dealkylation sites (tertiary alicyclic amines) is 1. The number of halogens is 1. The molecule has 3 aliphatic heterocycles. The smallest absolute Gasteiger partial charge is 0.231 e. The molecule has 0 spiro atoms. The van der Waals surface area contributed by atoms with Crippen molar-refractivity contribution in [2.45, 2.75) is 10.8 Å². The third kappa shape index (κ3) is 4.48. The molecular formula is C24H26ClN3O3S. The molecule has 32 heavy (non-hydrogen) atoms. The van der Waals surface area contributed by atoms with Crippen LogP contribution < -0.4 is 14.8 Å². The van der Waals surface area contributed by atoms with E-state index in [9.17, 15) is 4.79 Å². The number of ether oxygens (including phenoxy) is 2. The predicted octanol–water partition coefficient (Wildman–Crippen LogP) is 3.58. The number of amides is 1. The van der Waals surface area contributed by atoms with Crippen LogP contribution in [0.4, 0.5) is 0 Å². The van der Waals surface area contributed by atoms with E-state index in [1.165, 1.54) is 11.1 Å². The van der Waals surface area contributed by atoms with Gasteiger partial charge in [-0.25, -0.2) is 4.31 Å². The fourth-order valence-electron chi connectivity index (χ4n) is 4.19. The van der Waals surface area contributed by atoms with Crippen molar-refractivity contribution in [2.75, 3.05) is 53.0 Å². The highest BCUT2D eigenvalue weighted by molar-refractivity contribution is 7.97. The molecule has 1 N–H and O–H groups in total. The van der Waals surface area contributed by atoms with Crippen LogP contribution >= 0.6 is 23.5 Å². The molecule has 2 fully saturated rings. The molecule has 0 saturated carbocycles. The number of likely N-dealkylation sites (N-methyl/N-ethyl adjacent to an activating group) is 1. The van der Waals surface area contributed by atoms with Gasteiger partial charge < -0.3 is 19.7 Å². The molecule has 2 aromatic rings. The molecular weight excluding hydrogens is 446 g/mol. The van der Waals surface area contributed by atoms with Crippen LogP contribution in [0.25, 0.3) is 0 Å². The number of hydrogen-bond donors (Lipinski definition) is 1. The fourth-order valence-corrected chi connectivity index (χ4v) is 5.41. The molecule has 0 aromatic heterocycles. The fraction of sp³-hybridized carbons (Fsp3) is 0.375. The maximum Gasteiger partial charge on any atom is 0.231 e.